The van der Waals surface area contributed by atoms with Crippen molar-refractivity contribution in [3.05, 3.63) is 70.8 Å². The van der Waals surface area contributed by atoms with Crippen LogP contribution >= 0.6 is 22.9 Å². The van der Waals surface area contributed by atoms with E-state index in [-0.39, 0.29) is 12.3 Å². The zero-order chi connectivity index (χ0) is 18.8. The molecule has 0 fully saturated rings. The molecule has 0 unspecified atom stereocenters. The molecule has 0 atom stereocenters. The zero-order valence-corrected chi connectivity index (χ0v) is 16.1. The first kappa shape index (κ1) is 17.6. The second kappa shape index (κ2) is 7.42. The van der Waals surface area contributed by atoms with E-state index < -0.39 is 0 Å². The van der Waals surface area contributed by atoms with Crippen LogP contribution in [0.2, 0.25) is 5.02 Å². The molecule has 0 aliphatic rings. The number of amides is 1. The Morgan fingerprint density at radius 3 is 2.85 bits per heavy atom. The molecule has 2 heterocycles. The van der Waals surface area contributed by atoms with Crippen molar-refractivity contribution in [2.75, 3.05) is 12.4 Å². The van der Waals surface area contributed by atoms with Crippen LogP contribution in [0.1, 0.15) is 5.69 Å². The fourth-order valence-electron chi connectivity index (χ4n) is 2.78. The number of fused-ring (bicyclic) bond motifs is 1. The van der Waals surface area contributed by atoms with Gasteiger partial charge in [-0.1, -0.05) is 23.7 Å². The number of thiazole rings is 1. The molecule has 0 aliphatic heterocycles. The van der Waals surface area contributed by atoms with E-state index >= 15 is 0 Å². The van der Waals surface area contributed by atoms with Crippen LogP contribution in [-0.2, 0) is 11.2 Å². The van der Waals surface area contributed by atoms with Crippen molar-refractivity contribution in [3.8, 4) is 17.0 Å². The summed E-state index contributed by atoms with van der Waals surface area (Å²) in [6.45, 7) is 0. The quantitative estimate of drug-likeness (QED) is 0.520. The third-order valence-electron chi connectivity index (χ3n) is 4.12. The maximum Gasteiger partial charge on any atom is 0.230 e. The topological polar surface area (TPSA) is 55.6 Å². The van der Waals surface area contributed by atoms with Crippen molar-refractivity contribution < 1.29 is 9.53 Å². The molecule has 1 N–H and O–H groups in total. The van der Waals surface area contributed by atoms with E-state index in [0.29, 0.717) is 5.02 Å². The van der Waals surface area contributed by atoms with E-state index in [9.17, 15) is 4.79 Å². The first-order valence-corrected chi connectivity index (χ1v) is 9.53. The summed E-state index contributed by atoms with van der Waals surface area (Å²) < 4.78 is 7.24. The fraction of sp³-hybridized carbons (Fsp3) is 0.100. The maximum absolute atomic E-state index is 12.4. The van der Waals surface area contributed by atoms with Gasteiger partial charge >= 0.3 is 0 Å². The maximum atomic E-state index is 12.4. The Kier molecular flexibility index (Phi) is 4.83. The highest BCUT2D eigenvalue weighted by Gasteiger charge is 2.13. The Labute approximate surface area is 165 Å². The van der Waals surface area contributed by atoms with Crippen molar-refractivity contribution in [1.82, 2.24) is 9.38 Å². The first-order valence-electron chi connectivity index (χ1n) is 8.28. The van der Waals surface area contributed by atoms with Crippen molar-refractivity contribution in [2.24, 2.45) is 0 Å². The van der Waals surface area contributed by atoms with Gasteiger partial charge in [0.15, 0.2) is 4.96 Å². The number of hydrogen-bond donors (Lipinski definition) is 1. The molecule has 27 heavy (non-hydrogen) atoms. The molecule has 0 radical (unpaired) electrons. The van der Waals surface area contributed by atoms with Crippen molar-refractivity contribution in [2.45, 2.75) is 6.42 Å². The largest absolute Gasteiger partial charge is 0.497 e. The van der Waals surface area contributed by atoms with Crippen LogP contribution < -0.4 is 10.1 Å². The van der Waals surface area contributed by atoms with Crippen LogP contribution in [0.3, 0.4) is 0 Å². The van der Waals surface area contributed by atoms with Gasteiger partial charge in [0.2, 0.25) is 5.91 Å². The predicted octanol–water partition coefficient (Wildman–Crippen LogP) is 4.91. The number of hydrogen-bond acceptors (Lipinski definition) is 4. The summed E-state index contributed by atoms with van der Waals surface area (Å²) in [5, 5.41) is 5.48. The van der Waals surface area contributed by atoms with E-state index in [1.54, 1.807) is 31.4 Å². The van der Waals surface area contributed by atoms with Gasteiger partial charge in [0, 0.05) is 33.5 Å². The lowest BCUT2D eigenvalue weighted by Gasteiger charge is -2.05. The van der Waals surface area contributed by atoms with Crippen LogP contribution in [0.5, 0.6) is 5.75 Å². The molecule has 0 spiro atoms. The Bertz CT molecular complexity index is 1100. The molecule has 2 aromatic carbocycles. The second-order valence-corrected chi connectivity index (χ2v) is 7.24. The number of carbonyl (C=O) groups is 1. The first-order chi connectivity index (χ1) is 13.1. The van der Waals surface area contributed by atoms with Crippen LogP contribution in [0.4, 0.5) is 5.69 Å². The summed E-state index contributed by atoms with van der Waals surface area (Å²) >= 11 is 7.38. The minimum atomic E-state index is -0.0892. The average molecular weight is 398 g/mol. The molecule has 0 aliphatic carbocycles. The van der Waals surface area contributed by atoms with Gasteiger partial charge in [-0.25, -0.2) is 4.98 Å². The van der Waals surface area contributed by atoms with Gasteiger partial charge < -0.3 is 10.1 Å². The van der Waals surface area contributed by atoms with Gasteiger partial charge in [0.25, 0.3) is 0 Å². The third kappa shape index (κ3) is 3.82. The fourth-order valence-corrected chi connectivity index (χ4v) is 3.78. The lowest BCUT2D eigenvalue weighted by atomic mass is 10.1. The molecule has 4 rings (SSSR count). The highest BCUT2D eigenvalue weighted by atomic mass is 35.5. The van der Waals surface area contributed by atoms with Crippen LogP contribution in [-0.4, -0.2) is 22.4 Å². The van der Waals surface area contributed by atoms with E-state index in [2.05, 4.69) is 10.3 Å². The van der Waals surface area contributed by atoms with Gasteiger partial charge in [-0.15, -0.1) is 11.3 Å². The summed E-state index contributed by atoms with van der Waals surface area (Å²) in [7, 11) is 1.64. The summed E-state index contributed by atoms with van der Waals surface area (Å²) in [5.74, 6) is 0.695. The number of benzene rings is 2. The summed E-state index contributed by atoms with van der Waals surface area (Å²) in [6, 6.07) is 14.8. The van der Waals surface area contributed by atoms with Crippen LogP contribution in [0, 0.1) is 0 Å². The van der Waals surface area contributed by atoms with Crippen LogP contribution in [0.25, 0.3) is 16.2 Å². The number of ether oxygens (including phenoxy) is 1. The number of rotatable bonds is 5. The molecule has 0 bridgehead atoms. The van der Waals surface area contributed by atoms with Crippen molar-refractivity contribution in [3.63, 3.8) is 0 Å². The van der Waals surface area contributed by atoms with E-state index in [0.717, 1.165) is 33.3 Å². The molecule has 0 saturated heterocycles. The van der Waals surface area contributed by atoms with Crippen molar-refractivity contribution >= 4 is 39.5 Å². The number of methoxy groups -OCH3 is 1. The Morgan fingerprint density at radius 1 is 1.26 bits per heavy atom. The highest BCUT2D eigenvalue weighted by Crippen LogP contribution is 2.26. The van der Waals surface area contributed by atoms with Gasteiger partial charge in [-0.2, -0.15) is 0 Å². The normalized spacial score (nSPS) is 10.9. The predicted molar refractivity (Wildman–Crippen MR) is 109 cm³/mol. The number of nitrogens with zero attached hydrogens (tertiary/aromatic N) is 2. The minimum absolute atomic E-state index is 0.0892. The van der Waals surface area contributed by atoms with Crippen molar-refractivity contribution in [1.29, 1.82) is 0 Å². The highest BCUT2D eigenvalue weighted by molar-refractivity contribution is 7.15. The molecule has 136 valence electrons. The standard InChI is InChI=1S/C20H16ClN3O2S/c1-26-17-4-2-3-13(9-17)18-11-24-16(12-27-20(24)23-18)10-19(25)22-15-7-5-14(21)6-8-15/h2-9,11-12H,10H2,1H3,(H,22,25). The van der Waals surface area contributed by atoms with Gasteiger partial charge in [0.05, 0.1) is 19.2 Å². The Hall–Kier alpha value is -2.83. The monoisotopic (exact) mass is 397 g/mol. The molecule has 7 heteroatoms. The SMILES string of the molecule is COc1cccc(-c2cn3c(CC(=O)Nc4ccc(Cl)cc4)csc3n2)c1. The number of anilines is 1. The Balaban J connectivity index is 1.55. The average Bonchev–Trinajstić information content (AvgIpc) is 3.26. The number of nitrogens with one attached hydrogen (secondary N) is 1. The minimum Gasteiger partial charge on any atom is -0.497 e. The number of imidazole rings is 1. The van der Waals surface area contributed by atoms with Gasteiger partial charge in [-0.05, 0) is 36.4 Å². The van der Waals surface area contributed by atoms with Gasteiger partial charge in [-0.3, -0.25) is 9.20 Å². The molecule has 1 amide bonds. The molecule has 2 aromatic heterocycles. The van der Waals surface area contributed by atoms with E-state index in [4.69, 9.17) is 16.3 Å². The molecule has 0 saturated carbocycles. The van der Waals surface area contributed by atoms with E-state index in [1.807, 2.05) is 40.2 Å². The van der Waals surface area contributed by atoms with Gasteiger partial charge in [0.1, 0.15) is 5.75 Å². The Morgan fingerprint density at radius 2 is 2.07 bits per heavy atom. The molecule has 4 aromatic rings. The third-order valence-corrected chi connectivity index (χ3v) is 5.26. The summed E-state index contributed by atoms with van der Waals surface area (Å²) in [6.07, 6.45) is 2.21. The van der Waals surface area contributed by atoms with Crippen LogP contribution in [0.15, 0.2) is 60.1 Å². The zero-order valence-electron chi connectivity index (χ0n) is 14.5. The lowest BCUT2D eigenvalue weighted by molar-refractivity contribution is -0.115. The number of aromatic nitrogens is 2. The van der Waals surface area contributed by atoms with E-state index in [1.165, 1.54) is 11.3 Å². The number of carbonyl (C=O) groups excluding carboxylic acids is 1. The summed E-state index contributed by atoms with van der Waals surface area (Å²) in [5.41, 5.74) is 3.43. The second-order valence-electron chi connectivity index (χ2n) is 5.97. The molecular weight excluding hydrogens is 382 g/mol. The number of halogens is 1. The molecular formula is C20H16ClN3O2S. The lowest BCUT2D eigenvalue weighted by Crippen LogP contribution is -2.15. The molecule has 5 nitrogen and oxygen atoms in total. The smallest absolute Gasteiger partial charge is 0.230 e. The summed E-state index contributed by atoms with van der Waals surface area (Å²) in [4.78, 5) is 17.9.